The largest absolute Gasteiger partial charge is 2.00 e. The maximum absolute atomic E-state index is 5.13. The third-order valence-electron chi connectivity index (χ3n) is 4.53. The molecule has 0 aliphatic heterocycles. The van der Waals surface area contributed by atoms with Crippen molar-refractivity contribution in [3.05, 3.63) is 38.5 Å². The third-order valence-corrected chi connectivity index (χ3v) is 14.7. The van der Waals surface area contributed by atoms with Gasteiger partial charge in [-0.2, -0.15) is 0 Å². The number of hydrogen-bond donors (Lipinski definition) is 0. The molecule has 0 aromatic heterocycles. The van der Waals surface area contributed by atoms with Crippen LogP contribution in [-0.4, -0.2) is 29.9 Å². The summed E-state index contributed by atoms with van der Waals surface area (Å²) in [7, 11) is -3.40. The molecule has 27 heavy (non-hydrogen) atoms. The van der Waals surface area contributed by atoms with Gasteiger partial charge in [0, 0.05) is 0 Å². The van der Waals surface area contributed by atoms with Crippen LogP contribution in [0.25, 0.3) is 4.98 Å². The van der Waals surface area contributed by atoms with Gasteiger partial charge in [0.2, 0.25) is 0 Å². The van der Waals surface area contributed by atoms with Crippen molar-refractivity contribution in [2.45, 2.75) is 106 Å². The minimum Gasteiger partial charge on any atom is -0.659 e. The monoisotopic (exact) mass is 582 g/mol. The Kier molecular flexibility index (Phi) is 12.3. The molecule has 0 heterocycles. The molecule has 0 aromatic carbocycles. The van der Waals surface area contributed by atoms with E-state index in [0.29, 0.717) is 0 Å². The fourth-order valence-electron chi connectivity index (χ4n) is 4.33. The molecular weight excluding hydrogens is 536 g/mol. The Hall–Kier alpha value is 1.61. The molecule has 0 aromatic rings. The molecule has 1 nitrogen and oxygen atoms in total. The zero-order valence-corrected chi connectivity index (χ0v) is 25.5. The van der Waals surface area contributed by atoms with Crippen LogP contribution in [0.3, 0.4) is 0 Å². The Labute approximate surface area is 214 Å². The van der Waals surface area contributed by atoms with E-state index in [4.69, 9.17) is 4.98 Å². The van der Waals surface area contributed by atoms with Gasteiger partial charge < -0.3 is 10.6 Å². The maximum Gasteiger partial charge on any atom is 2.00 e. The molecule has 1 radical (unpaired) electrons. The summed E-state index contributed by atoms with van der Waals surface area (Å²) in [6.45, 7) is 34.8. The van der Waals surface area contributed by atoms with Crippen LogP contribution in [0.4, 0.5) is 0 Å². The molecule has 5 heteroatoms. The molecule has 0 amide bonds. The van der Waals surface area contributed by atoms with Crippen LogP contribution in [0.1, 0.15) is 48.5 Å². The maximum atomic E-state index is 5.13. The summed E-state index contributed by atoms with van der Waals surface area (Å²) in [4.78, 5) is 5.13. The van der Waals surface area contributed by atoms with Crippen molar-refractivity contribution in [3.63, 3.8) is 0 Å². The SMILES string of the molecule is CC1=C(C)C(C)=C(C)[C]1[Si](C)(C)[N-]C(C)(C)C.C[Si](C)(C)[CH-][Si](C)(C)C.[Yb+2]. The Balaban J connectivity index is 0. The summed E-state index contributed by atoms with van der Waals surface area (Å²) in [5, 5.41) is 0. The molecule has 0 bridgehead atoms. The number of hydrogen-bond acceptors (Lipinski definition) is 0. The summed E-state index contributed by atoms with van der Waals surface area (Å²) in [6, 6.07) is 0. The molecule has 0 unspecified atom stereocenters. The van der Waals surface area contributed by atoms with E-state index >= 15 is 0 Å². The van der Waals surface area contributed by atoms with E-state index in [2.05, 4.69) is 107 Å². The molecule has 0 saturated heterocycles. The summed E-state index contributed by atoms with van der Waals surface area (Å²) < 4.78 is 0. The van der Waals surface area contributed by atoms with Gasteiger partial charge in [-0.15, -0.1) is 21.7 Å². The van der Waals surface area contributed by atoms with Gasteiger partial charge in [-0.25, -0.2) is 0 Å². The normalized spacial score (nSPS) is 17.0. The number of nitrogens with zero attached hydrogens (tertiary/aromatic N) is 1. The van der Waals surface area contributed by atoms with Crippen LogP contribution in [0.15, 0.2) is 22.3 Å². The van der Waals surface area contributed by atoms with Crippen LogP contribution in [0, 0.1) is 58.1 Å². The van der Waals surface area contributed by atoms with Gasteiger partial charge in [-0.1, -0.05) is 84.3 Å². The predicted molar refractivity (Wildman–Crippen MR) is 132 cm³/mol. The van der Waals surface area contributed by atoms with Crippen LogP contribution >= 0.6 is 0 Å². The van der Waals surface area contributed by atoms with E-state index in [0.717, 1.165) is 0 Å². The zero-order valence-electron chi connectivity index (χ0n) is 20.8. The van der Waals surface area contributed by atoms with E-state index < -0.39 is 24.4 Å². The molecular formula is C22H46NSi3Yb. The second-order valence-electron chi connectivity index (χ2n) is 11.6. The first-order valence-electron chi connectivity index (χ1n) is 10.0. The van der Waals surface area contributed by atoms with Gasteiger partial charge in [0.1, 0.15) is 0 Å². The molecule has 1 rings (SSSR count). The van der Waals surface area contributed by atoms with Crippen molar-refractivity contribution in [1.29, 1.82) is 0 Å². The van der Waals surface area contributed by atoms with Crippen molar-refractivity contribution in [2.75, 3.05) is 0 Å². The molecule has 165 valence electrons. The van der Waals surface area contributed by atoms with Crippen LogP contribution in [-0.2, 0) is 0 Å². The fourth-order valence-corrected chi connectivity index (χ4v) is 18.7. The van der Waals surface area contributed by atoms with E-state index in [1.54, 1.807) is 5.54 Å². The molecule has 1 aliphatic carbocycles. The summed E-state index contributed by atoms with van der Waals surface area (Å²) in [6.07, 6.45) is 0. The average molecular weight is 582 g/mol. The van der Waals surface area contributed by atoms with Crippen molar-refractivity contribution < 1.29 is 46.9 Å². The third kappa shape index (κ3) is 11.5. The predicted octanol–water partition coefficient (Wildman–Crippen LogP) is 8.11. The van der Waals surface area contributed by atoms with Gasteiger partial charge in [0.25, 0.3) is 0 Å². The standard InChI is InChI=1S/C15H27NSi.C7H19Si2.Yb/c1-10-11(2)13(4)14(12(10)3)17(8,9)16-15(5,6)7;1-8(2,3)7-9(4,5)6;/h1-9H3;7H,1-6H3;/q2*-1;+2. The number of rotatable bonds is 4. The Morgan fingerprint density at radius 3 is 1.11 bits per heavy atom. The molecule has 1 aliphatic rings. The van der Waals surface area contributed by atoms with Crippen molar-refractivity contribution >= 4 is 24.4 Å². The minimum absolute atomic E-state index is 0. The van der Waals surface area contributed by atoms with E-state index in [-0.39, 0.29) is 52.5 Å². The topological polar surface area (TPSA) is 14.1 Å². The van der Waals surface area contributed by atoms with Gasteiger partial charge in [-0.05, 0) is 52.6 Å². The first-order chi connectivity index (χ1) is 11.2. The zero-order chi connectivity index (χ0) is 21.3. The Morgan fingerprint density at radius 2 is 0.926 bits per heavy atom. The first kappa shape index (κ1) is 30.8. The van der Waals surface area contributed by atoms with E-state index in [1.165, 1.54) is 22.3 Å². The molecule has 0 fully saturated rings. The summed E-state index contributed by atoms with van der Waals surface area (Å²) >= 11 is 0. The van der Waals surface area contributed by atoms with Crippen LogP contribution in [0.2, 0.25) is 52.4 Å². The van der Waals surface area contributed by atoms with Crippen molar-refractivity contribution in [3.8, 4) is 0 Å². The summed E-state index contributed by atoms with van der Waals surface area (Å²) in [5.41, 5.74) is 10.1. The first-order valence-corrected chi connectivity index (χ1v) is 20.1. The molecule has 0 N–H and O–H groups in total. The second kappa shape index (κ2) is 10.8. The fraction of sp³-hybridized carbons (Fsp3) is 0.727. The molecule has 0 saturated carbocycles. The average Bonchev–Trinajstić information content (AvgIpc) is 2.46. The summed E-state index contributed by atoms with van der Waals surface area (Å²) in [5.74, 6) is 0. The van der Waals surface area contributed by atoms with E-state index in [9.17, 15) is 0 Å². The van der Waals surface area contributed by atoms with Crippen molar-refractivity contribution in [2.24, 2.45) is 0 Å². The van der Waals surface area contributed by atoms with Crippen LogP contribution < -0.4 is 0 Å². The van der Waals surface area contributed by atoms with Gasteiger partial charge in [0.05, 0.1) is 0 Å². The molecule has 0 spiro atoms. The van der Waals surface area contributed by atoms with Gasteiger partial charge >= 0.3 is 46.9 Å². The molecule has 0 atom stereocenters. The smallest absolute Gasteiger partial charge is 0.659 e. The number of allylic oxidation sites excluding steroid dienone is 4. The quantitative estimate of drug-likeness (QED) is 0.235. The Morgan fingerprint density at radius 1 is 0.630 bits per heavy atom. The van der Waals surface area contributed by atoms with Gasteiger partial charge in [-0.3, -0.25) is 0 Å². The second-order valence-corrected chi connectivity index (χ2v) is 26.1. The van der Waals surface area contributed by atoms with E-state index in [1.807, 2.05) is 0 Å². The van der Waals surface area contributed by atoms with Crippen LogP contribution in [0.5, 0.6) is 0 Å². The minimum atomic E-state index is -1.69. The Bertz CT molecular complexity index is 520. The van der Waals surface area contributed by atoms with Crippen molar-refractivity contribution in [1.82, 2.24) is 0 Å². The van der Waals surface area contributed by atoms with Gasteiger partial charge in [0.15, 0.2) is 0 Å².